The number of halogens is 4. The van der Waals surface area contributed by atoms with Crippen molar-refractivity contribution in [1.82, 2.24) is 0 Å². The van der Waals surface area contributed by atoms with Crippen molar-refractivity contribution >= 4 is 62.1 Å². The Morgan fingerprint density at radius 3 is 2.53 bits per heavy atom. The van der Waals surface area contributed by atoms with Crippen molar-refractivity contribution in [3.05, 3.63) is 54.1 Å². The van der Waals surface area contributed by atoms with Gasteiger partial charge >= 0.3 is 0 Å². The zero-order chi connectivity index (χ0) is 12.6. The topological polar surface area (TPSA) is 0 Å². The number of thiophene rings is 1. The van der Waals surface area contributed by atoms with E-state index in [9.17, 15) is 0 Å². The molecule has 0 fully saturated rings. The van der Waals surface area contributed by atoms with E-state index < -0.39 is 0 Å². The second kappa shape index (κ2) is 5.50. The molecular formula is C12H8BrCl3S. The Labute approximate surface area is 128 Å². The molecule has 0 radical (unpaired) electrons. The van der Waals surface area contributed by atoms with Gasteiger partial charge in [-0.15, -0.1) is 22.9 Å². The summed E-state index contributed by atoms with van der Waals surface area (Å²) in [7, 11) is 0. The average Bonchev–Trinajstić information content (AvgIpc) is 2.62. The Bertz CT molecular complexity index is 531. The summed E-state index contributed by atoms with van der Waals surface area (Å²) < 4.78 is 0.902. The predicted octanol–water partition coefficient (Wildman–Crippen LogP) is 6.45. The van der Waals surface area contributed by atoms with Gasteiger partial charge < -0.3 is 0 Å². The van der Waals surface area contributed by atoms with E-state index in [1.165, 1.54) is 0 Å². The van der Waals surface area contributed by atoms with Gasteiger partial charge in [-0.25, -0.2) is 0 Å². The Kier molecular flexibility index (Phi) is 4.43. The first-order valence-electron chi connectivity index (χ1n) is 4.84. The van der Waals surface area contributed by atoms with E-state index in [4.69, 9.17) is 34.8 Å². The van der Waals surface area contributed by atoms with Crippen LogP contribution in [0.2, 0.25) is 10.0 Å². The lowest BCUT2D eigenvalue weighted by Crippen LogP contribution is -1.94. The van der Waals surface area contributed by atoms with Gasteiger partial charge in [-0.2, -0.15) is 0 Å². The van der Waals surface area contributed by atoms with E-state index in [2.05, 4.69) is 15.9 Å². The second-order valence-corrected chi connectivity index (χ2v) is 7.24. The fraction of sp³-hybridized carbons (Fsp3) is 0.167. The maximum Gasteiger partial charge on any atom is 0.0931 e. The molecule has 0 aliphatic rings. The molecule has 1 heterocycles. The van der Waals surface area contributed by atoms with Gasteiger partial charge in [-0.05, 0) is 46.1 Å². The van der Waals surface area contributed by atoms with Crippen LogP contribution in [0.15, 0.2) is 28.1 Å². The molecule has 90 valence electrons. The maximum atomic E-state index is 6.47. The Balaban J connectivity index is 2.43. The van der Waals surface area contributed by atoms with Gasteiger partial charge in [0.1, 0.15) is 0 Å². The Hall–Kier alpha value is 0.270. The Morgan fingerprint density at radius 2 is 1.94 bits per heavy atom. The van der Waals surface area contributed by atoms with Crippen molar-refractivity contribution in [2.75, 3.05) is 0 Å². The fourth-order valence-electron chi connectivity index (χ4n) is 1.54. The fourth-order valence-corrected chi connectivity index (χ4v) is 3.90. The lowest BCUT2D eigenvalue weighted by atomic mass is 10.0. The van der Waals surface area contributed by atoms with Gasteiger partial charge in [0, 0.05) is 9.90 Å². The minimum absolute atomic E-state index is 0.220. The molecule has 0 aliphatic carbocycles. The number of hydrogen-bond donors (Lipinski definition) is 0. The van der Waals surface area contributed by atoms with Crippen molar-refractivity contribution < 1.29 is 0 Å². The van der Waals surface area contributed by atoms with Crippen molar-refractivity contribution in [2.24, 2.45) is 0 Å². The van der Waals surface area contributed by atoms with Gasteiger partial charge in [0.2, 0.25) is 0 Å². The summed E-state index contributed by atoms with van der Waals surface area (Å²) >= 11 is 23.5. The number of alkyl halides is 1. The zero-order valence-corrected chi connectivity index (χ0v) is 13.5. The summed E-state index contributed by atoms with van der Waals surface area (Å²) in [5, 5.41) is 1.20. The molecule has 1 unspecified atom stereocenters. The molecule has 1 aromatic carbocycles. The van der Waals surface area contributed by atoms with Crippen molar-refractivity contribution in [3.63, 3.8) is 0 Å². The minimum atomic E-state index is -0.220. The number of hydrogen-bond acceptors (Lipinski definition) is 1. The van der Waals surface area contributed by atoms with E-state index in [-0.39, 0.29) is 5.38 Å². The van der Waals surface area contributed by atoms with Crippen LogP contribution in [-0.2, 0) is 0 Å². The third kappa shape index (κ3) is 2.82. The molecule has 1 atom stereocenters. The molecule has 1 aromatic heterocycles. The van der Waals surface area contributed by atoms with Crippen LogP contribution in [0.4, 0.5) is 0 Å². The maximum absolute atomic E-state index is 6.47. The SMILES string of the molecule is Cc1c(Cl)cccc1C(Cl)c1cc(Cl)c(Br)s1. The third-order valence-electron chi connectivity index (χ3n) is 2.50. The van der Waals surface area contributed by atoms with Crippen molar-refractivity contribution in [3.8, 4) is 0 Å². The van der Waals surface area contributed by atoms with E-state index >= 15 is 0 Å². The molecule has 0 N–H and O–H groups in total. The summed E-state index contributed by atoms with van der Waals surface area (Å²) in [6.07, 6.45) is 0. The number of rotatable bonds is 2. The molecule has 2 rings (SSSR count). The normalized spacial score (nSPS) is 12.8. The summed E-state index contributed by atoms with van der Waals surface area (Å²) in [6.45, 7) is 1.97. The minimum Gasteiger partial charge on any atom is -0.130 e. The molecule has 17 heavy (non-hydrogen) atoms. The van der Waals surface area contributed by atoms with Gasteiger partial charge in [0.15, 0.2) is 0 Å². The second-order valence-electron chi connectivity index (χ2n) is 3.59. The van der Waals surface area contributed by atoms with Crippen LogP contribution >= 0.6 is 62.1 Å². The van der Waals surface area contributed by atoms with Crippen LogP contribution < -0.4 is 0 Å². The van der Waals surface area contributed by atoms with Crippen LogP contribution in [-0.4, -0.2) is 0 Å². The smallest absolute Gasteiger partial charge is 0.0931 e. The molecule has 0 saturated carbocycles. The predicted molar refractivity (Wildman–Crippen MR) is 80.9 cm³/mol. The van der Waals surface area contributed by atoms with Crippen LogP contribution in [0.3, 0.4) is 0 Å². The molecule has 5 heteroatoms. The molecule has 0 saturated heterocycles. The average molecular weight is 371 g/mol. The molecule has 0 amide bonds. The van der Waals surface area contributed by atoms with E-state index in [0.717, 1.165) is 24.8 Å². The number of benzene rings is 1. The highest BCUT2D eigenvalue weighted by molar-refractivity contribution is 9.11. The highest BCUT2D eigenvalue weighted by Crippen LogP contribution is 2.41. The van der Waals surface area contributed by atoms with Crippen LogP contribution in [0.25, 0.3) is 0 Å². The summed E-state index contributed by atoms with van der Waals surface area (Å²) in [4.78, 5) is 1.01. The summed E-state index contributed by atoms with van der Waals surface area (Å²) in [5.41, 5.74) is 2.03. The molecule has 2 aromatic rings. The monoisotopic (exact) mass is 368 g/mol. The summed E-state index contributed by atoms with van der Waals surface area (Å²) in [5.74, 6) is 0. The molecule has 0 aliphatic heterocycles. The zero-order valence-electron chi connectivity index (χ0n) is 8.81. The first-order chi connectivity index (χ1) is 8.00. The van der Waals surface area contributed by atoms with Gasteiger partial charge in [-0.3, -0.25) is 0 Å². The van der Waals surface area contributed by atoms with Crippen molar-refractivity contribution in [1.29, 1.82) is 0 Å². The molecule has 0 bridgehead atoms. The lowest BCUT2D eigenvalue weighted by Gasteiger charge is -2.12. The van der Waals surface area contributed by atoms with Crippen LogP contribution in [0.5, 0.6) is 0 Å². The van der Waals surface area contributed by atoms with Gasteiger partial charge in [0.05, 0.1) is 14.2 Å². The standard InChI is InChI=1S/C12H8BrCl3S/c1-6-7(3-2-4-8(6)14)11(16)10-5-9(15)12(13)17-10/h2-5,11H,1H3. The van der Waals surface area contributed by atoms with Crippen LogP contribution in [0.1, 0.15) is 21.4 Å². The van der Waals surface area contributed by atoms with E-state index in [1.807, 2.05) is 31.2 Å². The third-order valence-corrected chi connectivity index (χ3v) is 6.05. The lowest BCUT2D eigenvalue weighted by molar-refractivity contribution is 1.15. The highest BCUT2D eigenvalue weighted by atomic mass is 79.9. The van der Waals surface area contributed by atoms with Crippen LogP contribution in [0, 0.1) is 6.92 Å². The van der Waals surface area contributed by atoms with E-state index in [0.29, 0.717) is 5.02 Å². The van der Waals surface area contributed by atoms with Gasteiger partial charge in [0.25, 0.3) is 0 Å². The molecular weight excluding hydrogens is 362 g/mol. The largest absolute Gasteiger partial charge is 0.130 e. The molecule has 0 spiro atoms. The van der Waals surface area contributed by atoms with Crippen molar-refractivity contribution in [2.45, 2.75) is 12.3 Å². The van der Waals surface area contributed by atoms with Gasteiger partial charge in [-0.1, -0.05) is 35.3 Å². The highest BCUT2D eigenvalue weighted by Gasteiger charge is 2.18. The first-order valence-corrected chi connectivity index (χ1v) is 7.64. The first kappa shape index (κ1) is 13.7. The molecule has 0 nitrogen and oxygen atoms in total. The summed E-state index contributed by atoms with van der Waals surface area (Å²) in [6, 6.07) is 7.64. The Morgan fingerprint density at radius 1 is 1.24 bits per heavy atom. The van der Waals surface area contributed by atoms with E-state index in [1.54, 1.807) is 11.3 Å². The quantitative estimate of drug-likeness (QED) is 0.533.